The molecule has 174 valence electrons. The van der Waals surface area contributed by atoms with E-state index >= 15 is 0 Å². The van der Waals surface area contributed by atoms with Gasteiger partial charge in [-0.05, 0) is 51.0 Å². The third kappa shape index (κ3) is 5.92. The molecule has 1 aliphatic heterocycles. The lowest BCUT2D eigenvalue weighted by Crippen LogP contribution is -2.49. The first-order chi connectivity index (χ1) is 15.5. The average Bonchev–Trinajstić information content (AvgIpc) is 2.80. The van der Waals surface area contributed by atoms with Crippen molar-refractivity contribution in [2.24, 2.45) is 0 Å². The van der Waals surface area contributed by atoms with E-state index in [4.69, 9.17) is 9.47 Å². The van der Waals surface area contributed by atoms with Crippen LogP contribution in [-0.4, -0.2) is 51.1 Å². The molecule has 8 nitrogen and oxygen atoms in total. The van der Waals surface area contributed by atoms with Crippen LogP contribution in [0.3, 0.4) is 0 Å². The highest BCUT2D eigenvalue weighted by Gasteiger charge is 2.34. The maximum atomic E-state index is 13.5. The lowest BCUT2D eigenvalue weighted by Gasteiger charge is -2.34. The van der Waals surface area contributed by atoms with Crippen LogP contribution in [0.5, 0.6) is 11.5 Å². The molecule has 0 saturated carbocycles. The topological polar surface area (TPSA) is 97.0 Å². The molecule has 1 fully saturated rings. The molecule has 2 aromatic rings. The maximum absolute atomic E-state index is 13.5. The van der Waals surface area contributed by atoms with Crippen LogP contribution in [0, 0.1) is 0 Å². The molecule has 0 radical (unpaired) electrons. The predicted octanol–water partition coefficient (Wildman–Crippen LogP) is 3.85. The molecule has 1 saturated heterocycles. The molecule has 3 rings (SSSR count). The van der Waals surface area contributed by atoms with Crippen molar-refractivity contribution < 1.29 is 22.7 Å². The van der Waals surface area contributed by atoms with Gasteiger partial charge in [0, 0.05) is 30.9 Å². The van der Waals surface area contributed by atoms with E-state index in [1.807, 2.05) is 32.0 Å². The van der Waals surface area contributed by atoms with Gasteiger partial charge in [0.2, 0.25) is 10.0 Å². The minimum atomic E-state index is -3.76. The number of hydrogen-bond donors (Lipinski definition) is 2. The van der Waals surface area contributed by atoms with Gasteiger partial charge < -0.3 is 20.1 Å². The van der Waals surface area contributed by atoms with E-state index in [-0.39, 0.29) is 23.5 Å². The van der Waals surface area contributed by atoms with Crippen molar-refractivity contribution in [1.82, 2.24) is 9.62 Å². The fraction of sp³-hybridized carbons (Fsp3) is 0.435. The number of anilines is 1. The first-order valence-corrected chi connectivity index (χ1v) is 12.4. The van der Waals surface area contributed by atoms with Crippen LogP contribution < -0.4 is 20.1 Å². The molecule has 1 heterocycles. The van der Waals surface area contributed by atoms with Crippen LogP contribution in [0.15, 0.2) is 53.4 Å². The van der Waals surface area contributed by atoms with Crippen molar-refractivity contribution in [3.63, 3.8) is 0 Å². The number of urea groups is 1. The van der Waals surface area contributed by atoms with E-state index in [1.54, 1.807) is 24.3 Å². The molecule has 1 aliphatic rings. The molecular weight excluding hydrogens is 430 g/mol. The van der Waals surface area contributed by atoms with Gasteiger partial charge >= 0.3 is 6.03 Å². The summed E-state index contributed by atoms with van der Waals surface area (Å²) >= 11 is 0. The van der Waals surface area contributed by atoms with Crippen LogP contribution in [0.2, 0.25) is 0 Å². The number of hydrogen-bond acceptors (Lipinski definition) is 5. The standard InChI is InChI=1S/C23H31N3O5S/c1-3-30-21-14-13-20(16-22(21)31-4-2)32(28,29)26-15-9-8-12-19(26)17-24-23(27)25-18-10-6-5-7-11-18/h5-7,10-11,13-14,16,19H,3-4,8-9,12,15,17H2,1-2H3,(H2,24,25,27)/t19-/m1/s1. The summed E-state index contributed by atoms with van der Waals surface area (Å²) in [6.07, 6.45) is 2.37. The first kappa shape index (κ1) is 23.9. The smallest absolute Gasteiger partial charge is 0.319 e. The van der Waals surface area contributed by atoms with Crippen LogP contribution in [0.1, 0.15) is 33.1 Å². The van der Waals surface area contributed by atoms with Crippen molar-refractivity contribution in [3.8, 4) is 11.5 Å². The fourth-order valence-electron chi connectivity index (χ4n) is 3.73. The summed E-state index contributed by atoms with van der Waals surface area (Å²) in [7, 11) is -3.76. The number of benzene rings is 2. The molecule has 0 spiro atoms. The monoisotopic (exact) mass is 461 g/mol. The number of nitrogens with zero attached hydrogens (tertiary/aromatic N) is 1. The zero-order chi connectivity index (χ0) is 23.0. The van der Waals surface area contributed by atoms with Gasteiger partial charge in [0.15, 0.2) is 11.5 Å². The van der Waals surface area contributed by atoms with Crippen LogP contribution in [0.4, 0.5) is 10.5 Å². The third-order valence-electron chi connectivity index (χ3n) is 5.22. The molecule has 1 atom stereocenters. The second-order valence-corrected chi connectivity index (χ2v) is 9.33. The van der Waals surface area contributed by atoms with Gasteiger partial charge in [-0.1, -0.05) is 24.6 Å². The Labute approximate surface area is 190 Å². The Hall–Kier alpha value is -2.78. The summed E-state index contributed by atoms with van der Waals surface area (Å²) in [6, 6.07) is 13.1. The van der Waals surface area contributed by atoms with Crippen molar-refractivity contribution >= 4 is 21.7 Å². The quantitative estimate of drug-likeness (QED) is 0.591. The van der Waals surface area contributed by atoms with E-state index in [2.05, 4.69) is 10.6 Å². The number of carbonyl (C=O) groups excluding carboxylic acids is 1. The number of para-hydroxylation sites is 1. The molecule has 2 aromatic carbocycles. The molecule has 2 N–H and O–H groups in total. The summed E-state index contributed by atoms with van der Waals surface area (Å²) in [6.45, 7) is 5.19. The first-order valence-electron chi connectivity index (χ1n) is 11.0. The van der Waals surface area contributed by atoms with Gasteiger partial charge in [0.25, 0.3) is 0 Å². The van der Waals surface area contributed by atoms with Crippen molar-refractivity contribution in [2.45, 2.75) is 44.0 Å². The molecule has 32 heavy (non-hydrogen) atoms. The Morgan fingerprint density at radius 2 is 1.75 bits per heavy atom. The minimum Gasteiger partial charge on any atom is -0.490 e. The van der Waals surface area contributed by atoms with Crippen molar-refractivity contribution in [1.29, 1.82) is 0 Å². The summed E-state index contributed by atoms with van der Waals surface area (Å²) in [5, 5.41) is 5.57. The van der Waals surface area contributed by atoms with Gasteiger partial charge in [-0.3, -0.25) is 0 Å². The van der Waals surface area contributed by atoms with Crippen LogP contribution in [0.25, 0.3) is 0 Å². The number of rotatable bonds is 9. The maximum Gasteiger partial charge on any atom is 0.319 e. The van der Waals surface area contributed by atoms with Gasteiger partial charge in [-0.2, -0.15) is 4.31 Å². The molecule has 0 bridgehead atoms. The Balaban J connectivity index is 1.73. The van der Waals surface area contributed by atoms with Crippen molar-refractivity contribution in [2.75, 3.05) is 31.6 Å². The Morgan fingerprint density at radius 1 is 1.03 bits per heavy atom. The van der Waals surface area contributed by atoms with E-state index in [0.717, 1.165) is 12.8 Å². The summed E-state index contributed by atoms with van der Waals surface area (Å²) < 4.78 is 39.6. The van der Waals surface area contributed by atoms with Crippen LogP contribution in [-0.2, 0) is 10.0 Å². The van der Waals surface area contributed by atoms with E-state index in [0.29, 0.717) is 43.4 Å². The second-order valence-electron chi connectivity index (χ2n) is 7.44. The normalized spacial score (nSPS) is 16.9. The predicted molar refractivity (Wildman–Crippen MR) is 124 cm³/mol. The Morgan fingerprint density at radius 3 is 2.47 bits per heavy atom. The second kappa shape index (κ2) is 11.2. The highest BCUT2D eigenvalue weighted by atomic mass is 32.2. The lowest BCUT2D eigenvalue weighted by atomic mass is 10.1. The molecule has 0 unspecified atom stereocenters. The minimum absolute atomic E-state index is 0.157. The van der Waals surface area contributed by atoms with E-state index in [1.165, 1.54) is 10.4 Å². The molecular formula is C23H31N3O5S. The molecule has 0 aliphatic carbocycles. The van der Waals surface area contributed by atoms with Gasteiger partial charge in [0.05, 0.1) is 18.1 Å². The molecule has 2 amide bonds. The highest BCUT2D eigenvalue weighted by molar-refractivity contribution is 7.89. The zero-order valence-electron chi connectivity index (χ0n) is 18.5. The fourth-order valence-corrected chi connectivity index (χ4v) is 5.44. The summed E-state index contributed by atoms with van der Waals surface area (Å²) in [5.41, 5.74) is 0.677. The Kier molecular flexibility index (Phi) is 8.35. The number of sulfonamides is 1. The largest absolute Gasteiger partial charge is 0.490 e. The van der Waals surface area contributed by atoms with Gasteiger partial charge in [-0.15, -0.1) is 0 Å². The van der Waals surface area contributed by atoms with Gasteiger partial charge in [0.1, 0.15) is 0 Å². The number of piperidine rings is 1. The Bertz CT molecular complexity index is 998. The van der Waals surface area contributed by atoms with Crippen LogP contribution >= 0.6 is 0 Å². The summed E-state index contributed by atoms with van der Waals surface area (Å²) in [4.78, 5) is 12.4. The van der Waals surface area contributed by atoms with Gasteiger partial charge in [-0.25, -0.2) is 13.2 Å². The van der Waals surface area contributed by atoms with E-state index in [9.17, 15) is 13.2 Å². The molecule has 0 aromatic heterocycles. The zero-order valence-corrected chi connectivity index (χ0v) is 19.4. The number of amides is 2. The number of nitrogens with one attached hydrogen (secondary N) is 2. The average molecular weight is 462 g/mol. The SMILES string of the molecule is CCOc1ccc(S(=O)(=O)N2CCCC[C@@H]2CNC(=O)Nc2ccccc2)cc1OCC. The number of carbonyl (C=O) groups is 1. The van der Waals surface area contributed by atoms with E-state index < -0.39 is 10.0 Å². The lowest BCUT2D eigenvalue weighted by molar-refractivity contribution is 0.231. The highest BCUT2D eigenvalue weighted by Crippen LogP contribution is 2.33. The number of ether oxygens (including phenoxy) is 2. The molecule has 9 heteroatoms. The third-order valence-corrected chi connectivity index (χ3v) is 7.17. The summed E-state index contributed by atoms with van der Waals surface area (Å²) in [5.74, 6) is 0.923. The van der Waals surface area contributed by atoms with Crippen molar-refractivity contribution in [3.05, 3.63) is 48.5 Å².